The molecule has 94 valence electrons. The minimum atomic E-state index is -3.36. The van der Waals surface area contributed by atoms with Crippen LogP contribution in [0.3, 0.4) is 0 Å². The molecule has 0 amide bonds. The van der Waals surface area contributed by atoms with Crippen LogP contribution >= 0.6 is 0 Å². The van der Waals surface area contributed by atoms with E-state index in [-0.39, 0.29) is 0 Å². The van der Waals surface area contributed by atoms with E-state index in [0.717, 1.165) is 24.0 Å². The molecule has 1 aliphatic heterocycles. The molecular weight excluding hydrogens is 246 g/mol. The topological polar surface area (TPSA) is 46.2 Å². The summed E-state index contributed by atoms with van der Waals surface area (Å²) in [6, 6.07) is 7.26. The van der Waals surface area contributed by atoms with Crippen LogP contribution in [0.4, 0.5) is 0 Å². The third kappa shape index (κ3) is 1.56. The van der Waals surface area contributed by atoms with E-state index in [0.29, 0.717) is 11.3 Å². The molecule has 0 radical (unpaired) electrons. The standard InChI is InChI=1S/C14H15NO2S/c1-2-11-6-5-9-14(10-11)12-7-3-4-8-13(12)18(16,17)15-14/h2-4,6-8,15H,1,5,9-10H2/t14-/m1/s1. The SMILES string of the molecule is C=CC1=CCC[C@]2(C1)NS(=O)(=O)c1ccccc12. The van der Waals surface area contributed by atoms with Gasteiger partial charge in [0.25, 0.3) is 0 Å². The quantitative estimate of drug-likeness (QED) is 0.844. The highest BCUT2D eigenvalue weighted by Gasteiger charge is 2.46. The second-order valence-corrected chi connectivity index (χ2v) is 6.53. The van der Waals surface area contributed by atoms with E-state index in [2.05, 4.69) is 17.4 Å². The van der Waals surface area contributed by atoms with E-state index in [1.54, 1.807) is 12.1 Å². The van der Waals surface area contributed by atoms with Gasteiger partial charge >= 0.3 is 0 Å². The van der Waals surface area contributed by atoms with Crippen LogP contribution in [0.15, 0.2) is 53.5 Å². The molecule has 2 aliphatic rings. The average Bonchev–Trinajstić information content (AvgIpc) is 2.58. The third-order valence-electron chi connectivity index (χ3n) is 3.77. The van der Waals surface area contributed by atoms with Gasteiger partial charge in [-0.2, -0.15) is 0 Å². The maximum atomic E-state index is 12.2. The number of hydrogen-bond donors (Lipinski definition) is 1. The number of allylic oxidation sites excluding steroid dienone is 2. The van der Waals surface area contributed by atoms with Gasteiger partial charge in [0.05, 0.1) is 10.4 Å². The van der Waals surface area contributed by atoms with Crippen LogP contribution in [-0.2, 0) is 15.6 Å². The zero-order chi connectivity index (χ0) is 12.8. The van der Waals surface area contributed by atoms with Crippen molar-refractivity contribution in [2.24, 2.45) is 0 Å². The first-order valence-electron chi connectivity index (χ1n) is 6.02. The second-order valence-electron chi connectivity index (χ2n) is 4.88. The largest absolute Gasteiger partial charge is 0.241 e. The summed E-state index contributed by atoms with van der Waals surface area (Å²) >= 11 is 0. The maximum absolute atomic E-state index is 12.2. The van der Waals surface area contributed by atoms with Gasteiger partial charge in [-0.3, -0.25) is 0 Å². The molecule has 1 atom stereocenters. The summed E-state index contributed by atoms with van der Waals surface area (Å²) in [7, 11) is -3.36. The first kappa shape index (κ1) is 11.7. The van der Waals surface area contributed by atoms with Gasteiger partial charge in [-0.15, -0.1) is 0 Å². The molecule has 1 aromatic rings. The van der Waals surface area contributed by atoms with E-state index in [1.807, 2.05) is 18.2 Å². The highest BCUT2D eigenvalue weighted by Crippen LogP contribution is 2.45. The lowest BCUT2D eigenvalue weighted by Crippen LogP contribution is -2.40. The highest BCUT2D eigenvalue weighted by molar-refractivity contribution is 7.89. The van der Waals surface area contributed by atoms with Crippen LogP contribution in [0.2, 0.25) is 0 Å². The summed E-state index contributed by atoms with van der Waals surface area (Å²) in [5, 5.41) is 0. The van der Waals surface area contributed by atoms with Crippen LogP contribution in [0.25, 0.3) is 0 Å². The summed E-state index contributed by atoms with van der Waals surface area (Å²) < 4.78 is 27.2. The normalized spacial score (nSPS) is 28.8. The summed E-state index contributed by atoms with van der Waals surface area (Å²) in [6.45, 7) is 3.79. The first-order valence-corrected chi connectivity index (χ1v) is 7.51. The molecule has 0 fully saturated rings. The molecule has 0 saturated carbocycles. The van der Waals surface area contributed by atoms with E-state index >= 15 is 0 Å². The Morgan fingerprint density at radius 1 is 1.33 bits per heavy atom. The Morgan fingerprint density at radius 2 is 2.11 bits per heavy atom. The Morgan fingerprint density at radius 3 is 2.89 bits per heavy atom. The number of fused-ring (bicyclic) bond motifs is 2. The van der Waals surface area contributed by atoms with E-state index in [4.69, 9.17) is 0 Å². The van der Waals surface area contributed by atoms with Crippen LogP contribution in [-0.4, -0.2) is 8.42 Å². The molecule has 0 bridgehead atoms. The van der Waals surface area contributed by atoms with Crippen molar-refractivity contribution in [1.82, 2.24) is 4.72 Å². The third-order valence-corrected chi connectivity index (χ3v) is 5.36. The Kier molecular flexibility index (Phi) is 2.47. The van der Waals surface area contributed by atoms with Crippen molar-refractivity contribution in [2.75, 3.05) is 0 Å². The van der Waals surface area contributed by atoms with Gasteiger partial charge in [-0.1, -0.05) is 42.5 Å². The summed E-state index contributed by atoms with van der Waals surface area (Å²) in [4.78, 5) is 0.426. The Hall–Kier alpha value is -1.39. The lowest BCUT2D eigenvalue weighted by atomic mass is 9.77. The molecule has 1 heterocycles. The summed E-state index contributed by atoms with van der Waals surface area (Å²) in [5.41, 5.74) is 1.55. The maximum Gasteiger partial charge on any atom is 0.241 e. The molecule has 1 spiro atoms. The molecule has 0 saturated heterocycles. The predicted octanol–water partition coefficient (Wildman–Crippen LogP) is 2.47. The number of sulfonamides is 1. The molecule has 0 aromatic heterocycles. The monoisotopic (exact) mass is 261 g/mol. The molecule has 18 heavy (non-hydrogen) atoms. The highest BCUT2D eigenvalue weighted by atomic mass is 32.2. The van der Waals surface area contributed by atoms with Gasteiger partial charge in [0.2, 0.25) is 10.0 Å². The van der Waals surface area contributed by atoms with Gasteiger partial charge in [0.1, 0.15) is 0 Å². The number of benzene rings is 1. The molecule has 0 unspecified atom stereocenters. The Bertz CT molecular complexity index is 646. The zero-order valence-corrected chi connectivity index (χ0v) is 10.8. The lowest BCUT2D eigenvalue weighted by Gasteiger charge is -2.33. The van der Waals surface area contributed by atoms with Crippen molar-refractivity contribution in [1.29, 1.82) is 0 Å². The van der Waals surface area contributed by atoms with Crippen molar-refractivity contribution >= 4 is 10.0 Å². The minimum Gasteiger partial charge on any atom is -0.207 e. The molecule has 3 nitrogen and oxygen atoms in total. The van der Waals surface area contributed by atoms with Crippen LogP contribution in [0.5, 0.6) is 0 Å². The fourth-order valence-corrected chi connectivity index (χ4v) is 4.67. The van der Waals surface area contributed by atoms with Gasteiger partial charge in [-0.25, -0.2) is 13.1 Å². The minimum absolute atomic E-state index is 0.426. The van der Waals surface area contributed by atoms with Gasteiger partial charge < -0.3 is 0 Å². The number of nitrogens with one attached hydrogen (secondary N) is 1. The molecule has 1 aliphatic carbocycles. The van der Waals surface area contributed by atoms with Gasteiger partial charge in [-0.05, 0) is 30.9 Å². The molecule has 1 aromatic carbocycles. The fourth-order valence-electron chi connectivity index (χ4n) is 2.95. The van der Waals surface area contributed by atoms with Crippen molar-refractivity contribution in [2.45, 2.75) is 29.7 Å². The van der Waals surface area contributed by atoms with Gasteiger partial charge in [0.15, 0.2) is 0 Å². The number of hydrogen-bond acceptors (Lipinski definition) is 2. The van der Waals surface area contributed by atoms with E-state index < -0.39 is 15.6 Å². The summed E-state index contributed by atoms with van der Waals surface area (Å²) in [5.74, 6) is 0. The van der Waals surface area contributed by atoms with Crippen LogP contribution in [0, 0.1) is 0 Å². The van der Waals surface area contributed by atoms with Crippen molar-refractivity contribution in [3.8, 4) is 0 Å². The average molecular weight is 261 g/mol. The van der Waals surface area contributed by atoms with E-state index in [9.17, 15) is 8.42 Å². The Labute approximate surface area is 107 Å². The molecule has 4 heteroatoms. The smallest absolute Gasteiger partial charge is 0.207 e. The Balaban J connectivity index is 2.17. The molecule has 1 N–H and O–H groups in total. The summed E-state index contributed by atoms with van der Waals surface area (Å²) in [6.07, 6.45) is 6.31. The predicted molar refractivity (Wildman–Crippen MR) is 70.6 cm³/mol. The first-order chi connectivity index (χ1) is 8.57. The number of rotatable bonds is 1. The van der Waals surface area contributed by atoms with Crippen LogP contribution < -0.4 is 4.72 Å². The molecular formula is C14H15NO2S. The van der Waals surface area contributed by atoms with Crippen molar-refractivity contribution < 1.29 is 8.42 Å². The van der Waals surface area contributed by atoms with Crippen molar-refractivity contribution in [3.05, 3.63) is 54.1 Å². The zero-order valence-electron chi connectivity index (χ0n) is 10.0. The second kappa shape index (κ2) is 3.80. The van der Waals surface area contributed by atoms with Gasteiger partial charge in [0, 0.05) is 0 Å². The molecule has 3 rings (SSSR count). The van der Waals surface area contributed by atoms with Crippen molar-refractivity contribution in [3.63, 3.8) is 0 Å². The lowest BCUT2D eigenvalue weighted by molar-refractivity contribution is 0.362. The van der Waals surface area contributed by atoms with Crippen LogP contribution in [0.1, 0.15) is 24.8 Å². The van der Waals surface area contributed by atoms with E-state index in [1.165, 1.54) is 0 Å². The fraction of sp³-hybridized carbons (Fsp3) is 0.286.